The molecule has 5 heteroatoms. The number of anilines is 1. The average Bonchev–Trinajstić information content (AvgIpc) is 2.67. The first-order valence-corrected chi connectivity index (χ1v) is 10.3. The molecule has 0 bridgehead atoms. The van der Waals surface area contributed by atoms with Gasteiger partial charge in [-0.05, 0) is 30.7 Å². The van der Waals surface area contributed by atoms with Gasteiger partial charge in [0.2, 0.25) is 0 Å². The van der Waals surface area contributed by atoms with Gasteiger partial charge in [0.05, 0.1) is 26.2 Å². The maximum Gasteiger partial charge on any atom is 0.275 e. The number of hydrogen-bond acceptors (Lipinski definition) is 3. The van der Waals surface area contributed by atoms with Gasteiger partial charge in [-0.25, -0.2) is 0 Å². The Bertz CT molecular complexity index is 699. The molecule has 4 nitrogen and oxygen atoms in total. The molecule has 0 radical (unpaired) electrons. The van der Waals surface area contributed by atoms with Crippen molar-refractivity contribution >= 4 is 23.4 Å². The van der Waals surface area contributed by atoms with Gasteiger partial charge < -0.3 is 15.1 Å². The Morgan fingerprint density at radius 1 is 1.08 bits per heavy atom. The summed E-state index contributed by atoms with van der Waals surface area (Å²) < 4.78 is 0. The van der Waals surface area contributed by atoms with Gasteiger partial charge in [0.15, 0.2) is 6.54 Å². The lowest BCUT2D eigenvalue weighted by Crippen LogP contribution is -3.16. The second-order valence-electron chi connectivity index (χ2n) is 6.71. The first-order chi connectivity index (χ1) is 12.7. The molecule has 26 heavy (non-hydrogen) atoms. The molecule has 1 saturated heterocycles. The van der Waals surface area contributed by atoms with E-state index in [0.29, 0.717) is 6.54 Å². The number of hydrogen-bond donors (Lipinski definition) is 2. The van der Waals surface area contributed by atoms with Crippen molar-refractivity contribution in [2.75, 3.05) is 49.9 Å². The van der Waals surface area contributed by atoms with Crippen LogP contribution in [0.1, 0.15) is 5.56 Å². The summed E-state index contributed by atoms with van der Waals surface area (Å²) in [5.74, 6) is 1.07. The summed E-state index contributed by atoms with van der Waals surface area (Å²) in [4.78, 5) is 17.2. The highest BCUT2D eigenvalue weighted by atomic mass is 32.2. The minimum atomic E-state index is 0.165. The predicted octanol–water partition coefficient (Wildman–Crippen LogP) is 1.61. The number of benzene rings is 2. The molecule has 2 N–H and O–H groups in total. The quantitative estimate of drug-likeness (QED) is 0.574. The van der Waals surface area contributed by atoms with E-state index in [-0.39, 0.29) is 5.91 Å². The first-order valence-electron chi connectivity index (χ1n) is 9.31. The third kappa shape index (κ3) is 5.51. The van der Waals surface area contributed by atoms with Crippen molar-refractivity contribution in [1.82, 2.24) is 5.32 Å². The summed E-state index contributed by atoms with van der Waals surface area (Å²) in [5, 5.41) is 3.06. The van der Waals surface area contributed by atoms with Crippen molar-refractivity contribution in [3.63, 3.8) is 0 Å². The molecular weight excluding hydrogens is 342 g/mol. The van der Waals surface area contributed by atoms with E-state index >= 15 is 0 Å². The molecule has 138 valence electrons. The van der Waals surface area contributed by atoms with Crippen LogP contribution in [0.2, 0.25) is 0 Å². The van der Waals surface area contributed by atoms with Gasteiger partial charge in [0.1, 0.15) is 0 Å². The van der Waals surface area contributed by atoms with E-state index in [1.165, 1.54) is 21.0 Å². The summed E-state index contributed by atoms with van der Waals surface area (Å²) in [6.07, 6.45) is 0. The SMILES string of the molecule is Cc1ccccc1N1CC[NH+](CC(=O)NCCSc2ccccc2)CC1. The van der Waals surface area contributed by atoms with Gasteiger partial charge in [-0.15, -0.1) is 11.8 Å². The molecule has 1 aliphatic rings. The number of carbonyl (C=O) groups excluding carboxylic acids is 1. The summed E-state index contributed by atoms with van der Waals surface area (Å²) >= 11 is 1.78. The minimum absolute atomic E-state index is 0.165. The summed E-state index contributed by atoms with van der Waals surface area (Å²) in [5.41, 5.74) is 2.65. The fourth-order valence-corrected chi connectivity index (χ4v) is 4.11. The summed E-state index contributed by atoms with van der Waals surface area (Å²) in [7, 11) is 0. The number of quaternary nitrogens is 1. The van der Waals surface area contributed by atoms with Gasteiger partial charge >= 0.3 is 0 Å². The molecule has 1 heterocycles. The molecule has 3 rings (SSSR count). The molecule has 2 aromatic rings. The zero-order valence-corrected chi connectivity index (χ0v) is 16.2. The van der Waals surface area contributed by atoms with Crippen LogP contribution in [0.4, 0.5) is 5.69 Å². The zero-order chi connectivity index (χ0) is 18.2. The van der Waals surface area contributed by atoms with Crippen LogP contribution in [0.25, 0.3) is 0 Å². The Balaban J connectivity index is 1.34. The summed E-state index contributed by atoms with van der Waals surface area (Å²) in [6, 6.07) is 18.8. The van der Waals surface area contributed by atoms with E-state index in [9.17, 15) is 4.79 Å². The van der Waals surface area contributed by atoms with Crippen molar-refractivity contribution in [3.8, 4) is 0 Å². The van der Waals surface area contributed by atoms with Gasteiger partial charge in [-0.1, -0.05) is 36.4 Å². The van der Waals surface area contributed by atoms with Gasteiger partial charge in [0, 0.05) is 22.9 Å². The number of para-hydroxylation sites is 1. The largest absolute Gasteiger partial charge is 0.360 e. The van der Waals surface area contributed by atoms with Crippen LogP contribution in [0.5, 0.6) is 0 Å². The third-order valence-electron chi connectivity index (χ3n) is 4.77. The minimum Gasteiger partial charge on any atom is -0.360 e. The lowest BCUT2D eigenvalue weighted by atomic mass is 10.1. The van der Waals surface area contributed by atoms with Crippen LogP contribution in [0, 0.1) is 6.92 Å². The van der Waals surface area contributed by atoms with Gasteiger partial charge in [-0.2, -0.15) is 0 Å². The lowest BCUT2D eigenvalue weighted by molar-refractivity contribution is -0.892. The second kappa shape index (κ2) is 9.64. The topological polar surface area (TPSA) is 36.8 Å². The van der Waals surface area contributed by atoms with Crippen molar-refractivity contribution < 1.29 is 9.69 Å². The molecule has 0 atom stereocenters. The number of aryl methyl sites for hydroxylation is 1. The molecule has 0 aromatic heterocycles. The standard InChI is InChI=1S/C21H27N3OS/c1-18-7-5-6-10-20(18)24-14-12-23(13-15-24)17-21(25)22-11-16-26-19-8-3-2-4-9-19/h2-10H,11-17H2,1H3,(H,22,25)/p+1. The first kappa shape index (κ1) is 18.8. The monoisotopic (exact) mass is 370 g/mol. The molecule has 0 saturated carbocycles. The van der Waals surface area contributed by atoms with E-state index in [2.05, 4.69) is 53.5 Å². The number of carbonyl (C=O) groups is 1. The Labute approximate surface area is 160 Å². The van der Waals surface area contributed by atoms with E-state index < -0.39 is 0 Å². The van der Waals surface area contributed by atoms with Crippen LogP contribution < -0.4 is 15.1 Å². The maximum atomic E-state index is 12.2. The number of thioether (sulfide) groups is 1. The number of rotatable bonds is 7. The van der Waals surface area contributed by atoms with Crippen molar-refractivity contribution in [3.05, 3.63) is 60.2 Å². The normalized spacial score (nSPS) is 15.0. The molecule has 2 aromatic carbocycles. The number of amides is 1. The Hall–Kier alpha value is -1.98. The molecule has 0 unspecified atom stereocenters. The molecule has 1 amide bonds. The van der Waals surface area contributed by atoms with Crippen LogP contribution in [0.15, 0.2) is 59.5 Å². The molecule has 0 aliphatic carbocycles. The van der Waals surface area contributed by atoms with Crippen LogP contribution in [-0.2, 0) is 4.79 Å². The fourth-order valence-electron chi connectivity index (χ4n) is 3.32. The number of nitrogens with zero attached hydrogens (tertiary/aromatic N) is 1. The van der Waals surface area contributed by atoms with Crippen LogP contribution in [-0.4, -0.2) is 50.9 Å². The fraction of sp³-hybridized carbons (Fsp3) is 0.381. The Morgan fingerprint density at radius 2 is 1.77 bits per heavy atom. The second-order valence-corrected chi connectivity index (χ2v) is 7.88. The highest BCUT2D eigenvalue weighted by molar-refractivity contribution is 7.99. The van der Waals surface area contributed by atoms with E-state index in [0.717, 1.165) is 38.5 Å². The van der Waals surface area contributed by atoms with Crippen LogP contribution >= 0.6 is 11.8 Å². The Kier molecular flexibility index (Phi) is 6.97. The summed E-state index contributed by atoms with van der Waals surface area (Å²) in [6.45, 7) is 7.52. The predicted molar refractivity (Wildman–Crippen MR) is 109 cm³/mol. The highest BCUT2D eigenvalue weighted by Gasteiger charge is 2.22. The van der Waals surface area contributed by atoms with Crippen LogP contribution in [0.3, 0.4) is 0 Å². The van der Waals surface area contributed by atoms with Crippen molar-refractivity contribution in [2.45, 2.75) is 11.8 Å². The third-order valence-corrected chi connectivity index (χ3v) is 5.79. The van der Waals surface area contributed by atoms with Gasteiger partial charge in [-0.3, -0.25) is 4.79 Å². The lowest BCUT2D eigenvalue weighted by Gasteiger charge is -2.34. The van der Waals surface area contributed by atoms with Crippen molar-refractivity contribution in [1.29, 1.82) is 0 Å². The Morgan fingerprint density at radius 3 is 2.50 bits per heavy atom. The molecular formula is C21H28N3OS+. The van der Waals surface area contributed by atoms with Gasteiger partial charge in [0.25, 0.3) is 5.91 Å². The average molecular weight is 371 g/mol. The number of nitrogens with one attached hydrogen (secondary N) is 2. The molecule has 1 fully saturated rings. The zero-order valence-electron chi connectivity index (χ0n) is 15.4. The number of piperazine rings is 1. The van der Waals surface area contributed by atoms with Crippen molar-refractivity contribution in [2.24, 2.45) is 0 Å². The molecule has 0 spiro atoms. The maximum absolute atomic E-state index is 12.2. The van der Waals surface area contributed by atoms with E-state index in [1.807, 2.05) is 18.2 Å². The van der Waals surface area contributed by atoms with E-state index in [1.54, 1.807) is 11.8 Å². The van der Waals surface area contributed by atoms with E-state index in [4.69, 9.17) is 0 Å². The molecule has 1 aliphatic heterocycles. The smallest absolute Gasteiger partial charge is 0.275 e. The highest BCUT2D eigenvalue weighted by Crippen LogP contribution is 2.18.